The monoisotopic (exact) mass is 380 g/mol. The summed E-state index contributed by atoms with van der Waals surface area (Å²) in [5.41, 5.74) is 5.23. The first-order valence-electron chi connectivity index (χ1n) is 7.89. The van der Waals surface area contributed by atoms with E-state index in [1.807, 2.05) is 0 Å². The van der Waals surface area contributed by atoms with Crippen LogP contribution in [0, 0.1) is 0 Å². The van der Waals surface area contributed by atoms with E-state index in [0.717, 1.165) is 12.5 Å². The minimum Gasteiger partial charge on any atom is -0.326 e. The van der Waals surface area contributed by atoms with Gasteiger partial charge in [0.05, 0.1) is 0 Å². The topological polar surface area (TPSA) is 108 Å². The number of hydrogen-bond donors (Lipinski definition) is 4. The van der Waals surface area contributed by atoms with E-state index in [9.17, 15) is 22.8 Å². The smallest absolute Gasteiger partial charge is 0.326 e. The highest BCUT2D eigenvalue weighted by atomic mass is 19.4. The van der Waals surface area contributed by atoms with Gasteiger partial charge in [-0.3, -0.25) is 20.4 Å². The Morgan fingerprint density at radius 2 is 2.04 bits per heavy atom. The average Bonchev–Trinajstić information content (AvgIpc) is 2.59. The fourth-order valence-corrected chi connectivity index (χ4v) is 2.48. The molecule has 1 aliphatic rings. The van der Waals surface area contributed by atoms with Crippen molar-refractivity contribution < 1.29 is 22.8 Å². The lowest BCUT2D eigenvalue weighted by Gasteiger charge is -2.18. The Balaban J connectivity index is 1.85. The molecular formula is C16H15F3N6O2. The van der Waals surface area contributed by atoms with E-state index >= 15 is 0 Å². The third-order valence-electron chi connectivity index (χ3n) is 3.71. The van der Waals surface area contributed by atoms with Gasteiger partial charge >= 0.3 is 6.18 Å². The van der Waals surface area contributed by atoms with E-state index in [2.05, 4.69) is 31.5 Å². The number of amides is 2. The molecule has 3 rings (SSSR count). The largest absolute Gasteiger partial charge is 0.421 e. The third kappa shape index (κ3) is 4.43. The summed E-state index contributed by atoms with van der Waals surface area (Å²) in [5.74, 6) is -1.31. The molecule has 4 N–H and O–H groups in total. The number of nitrogens with zero attached hydrogens (tertiary/aromatic N) is 2. The van der Waals surface area contributed by atoms with E-state index < -0.39 is 23.5 Å². The number of nitrogens with one attached hydrogen (secondary N) is 4. The Hall–Kier alpha value is -3.37. The number of alkyl halides is 3. The van der Waals surface area contributed by atoms with Crippen LogP contribution in [0.2, 0.25) is 0 Å². The van der Waals surface area contributed by atoms with Crippen LogP contribution in [0.1, 0.15) is 24.5 Å². The quantitative estimate of drug-likeness (QED) is 0.608. The van der Waals surface area contributed by atoms with Gasteiger partial charge in [0.15, 0.2) is 5.82 Å². The summed E-state index contributed by atoms with van der Waals surface area (Å²) in [6, 6.07) is 5.10. The van der Waals surface area contributed by atoms with Gasteiger partial charge in [-0.2, -0.15) is 18.2 Å². The average molecular weight is 380 g/mol. The highest BCUT2D eigenvalue weighted by Crippen LogP contribution is 2.34. The molecular weight excluding hydrogens is 365 g/mol. The maximum Gasteiger partial charge on any atom is 0.421 e. The molecule has 0 saturated heterocycles. The van der Waals surface area contributed by atoms with Gasteiger partial charge in [-0.25, -0.2) is 4.98 Å². The molecule has 0 fully saturated rings. The van der Waals surface area contributed by atoms with E-state index in [4.69, 9.17) is 0 Å². The van der Waals surface area contributed by atoms with Crippen LogP contribution in [0.5, 0.6) is 0 Å². The van der Waals surface area contributed by atoms with Gasteiger partial charge in [0.25, 0.3) is 0 Å². The van der Waals surface area contributed by atoms with Gasteiger partial charge in [-0.05, 0) is 30.2 Å². The van der Waals surface area contributed by atoms with E-state index in [1.165, 1.54) is 0 Å². The van der Waals surface area contributed by atoms with E-state index in [-0.39, 0.29) is 11.9 Å². The van der Waals surface area contributed by atoms with Gasteiger partial charge in [0, 0.05) is 30.9 Å². The fourth-order valence-electron chi connectivity index (χ4n) is 2.48. The third-order valence-corrected chi connectivity index (χ3v) is 3.71. The summed E-state index contributed by atoms with van der Waals surface area (Å²) in [6.45, 7) is 1.15. The first-order chi connectivity index (χ1) is 12.7. The molecule has 0 spiro atoms. The van der Waals surface area contributed by atoms with Crippen molar-refractivity contribution in [3.8, 4) is 0 Å². The Kier molecular flexibility index (Phi) is 4.84. The molecule has 1 aromatic carbocycles. The van der Waals surface area contributed by atoms with Crippen LogP contribution in [0.15, 0.2) is 24.4 Å². The van der Waals surface area contributed by atoms with Crippen molar-refractivity contribution in [3.63, 3.8) is 0 Å². The lowest BCUT2D eigenvalue weighted by Crippen LogP contribution is -2.29. The van der Waals surface area contributed by atoms with Crippen LogP contribution < -0.4 is 21.5 Å². The molecule has 11 heteroatoms. The van der Waals surface area contributed by atoms with Crippen molar-refractivity contribution in [1.82, 2.24) is 15.4 Å². The van der Waals surface area contributed by atoms with Crippen molar-refractivity contribution in [2.24, 2.45) is 0 Å². The number of rotatable bonds is 4. The van der Waals surface area contributed by atoms with Crippen LogP contribution in [0.25, 0.3) is 0 Å². The number of anilines is 4. The predicted octanol–water partition coefficient (Wildman–Crippen LogP) is 2.59. The van der Waals surface area contributed by atoms with Crippen LogP contribution in [0.3, 0.4) is 0 Å². The zero-order chi connectivity index (χ0) is 19.6. The molecule has 0 aliphatic carbocycles. The molecule has 1 aromatic heterocycles. The van der Waals surface area contributed by atoms with Gasteiger partial charge in [-0.15, -0.1) is 0 Å². The molecule has 0 saturated carbocycles. The van der Waals surface area contributed by atoms with Crippen molar-refractivity contribution in [2.75, 3.05) is 16.1 Å². The normalized spacial score (nSPS) is 13.4. The summed E-state index contributed by atoms with van der Waals surface area (Å²) in [5, 5.41) is 5.56. The first kappa shape index (κ1) is 18.4. The molecule has 27 heavy (non-hydrogen) atoms. The second-order valence-corrected chi connectivity index (χ2v) is 5.80. The van der Waals surface area contributed by atoms with E-state index in [1.54, 1.807) is 18.2 Å². The predicted molar refractivity (Wildman–Crippen MR) is 91.1 cm³/mol. The number of hydrogen-bond acceptors (Lipinski definition) is 6. The molecule has 1 aliphatic heterocycles. The minimum atomic E-state index is -4.69. The number of benzene rings is 1. The zero-order valence-electron chi connectivity index (χ0n) is 14.1. The maximum atomic E-state index is 13.1. The standard InChI is InChI=1S/C16H15F3N6O2/c1-8(26)24-25-14-11(16(17,18)19)7-20-15(23-14)21-10-3-4-12-9(6-10)2-5-13(27)22-12/h3-4,6-7H,2,5H2,1H3,(H,22,27)(H,24,26)(H2,20,21,23,25). The fraction of sp³-hybridized carbons (Fsp3) is 0.250. The van der Waals surface area contributed by atoms with Crippen LogP contribution in [-0.2, 0) is 22.2 Å². The second-order valence-electron chi connectivity index (χ2n) is 5.80. The summed E-state index contributed by atoms with van der Waals surface area (Å²) in [4.78, 5) is 29.8. The number of aromatic nitrogens is 2. The van der Waals surface area contributed by atoms with Gasteiger partial charge in [0.1, 0.15) is 5.56 Å². The summed E-state index contributed by atoms with van der Waals surface area (Å²) in [6.07, 6.45) is -3.15. The molecule has 0 bridgehead atoms. The van der Waals surface area contributed by atoms with Crippen molar-refractivity contribution in [2.45, 2.75) is 25.9 Å². The lowest BCUT2D eigenvalue weighted by atomic mass is 10.0. The van der Waals surface area contributed by atoms with E-state index in [0.29, 0.717) is 30.4 Å². The number of carbonyl (C=O) groups excluding carboxylic acids is 2. The number of fused-ring (bicyclic) bond motifs is 1. The molecule has 0 atom stereocenters. The molecule has 8 nitrogen and oxygen atoms in total. The maximum absolute atomic E-state index is 13.1. The number of carbonyl (C=O) groups is 2. The first-order valence-corrected chi connectivity index (χ1v) is 7.89. The number of hydrazine groups is 1. The Bertz CT molecular complexity index is 900. The van der Waals surface area contributed by atoms with Crippen LogP contribution >= 0.6 is 0 Å². The second kappa shape index (κ2) is 7.09. The molecule has 142 valence electrons. The highest BCUT2D eigenvalue weighted by molar-refractivity contribution is 5.94. The van der Waals surface area contributed by atoms with Gasteiger partial charge < -0.3 is 10.6 Å². The Labute approximate surface area is 151 Å². The lowest BCUT2D eigenvalue weighted by molar-refractivity contribution is -0.137. The zero-order valence-corrected chi connectivity index (χ0v) is 14.1. The molecule has 2 aromatic rings. The Morgan fingerprint density at radius 1 is 1.26 bits per heavy atom. The number of halogens is 3. The summed E-state index contributed by atoms with van der Waals surface area (Å²) < 4.78 is 39.2. The van der Waals surface area contributed by atoms with Crippen LogP contribution in [0.4, 0.5) is 36.3 Å². The van der Waals surface area contributed by atoms with Gasteiger partial charge in [-0.1, -0.05) is 0 Å². The number of aryl methyl sites for hydroxylation is 1. The van der Waals surface area contributed by atoms with Crippen molar-refractivity contribution in [1.29, 1.82) is 0 Å². The molecule has 2 heterocycles. The van der Waals surface area contributed by atoms with Crippen molar-refractivity contribution >= 4 is 35.0 Å². The van der Waals surface area contributed by atoms with Crippen molar-refractivity contribution in [3.05, 3.63) is 35.5 Å². The SMILES string of the molecule is CC(=O)NNc1nc(Nc2ccc3c(c2)CCC(=O)N3)ncc1C(F)(F)F. The van der Waals surface area contributed by atoms with Gasteiger partial charge in [0.2, 0.25) is 17.8 Å². The highest BCUT2D eigenvalue weighted by Gasteiger charge is 2.35. The Morgan fingerprint density at radius 3 is 2.74 bits per heavy atom. The minimum absolute atomic E-state index is 0.0667. The summed E-state index contributed by atoms with van der Waals surface area (Å²) >= 11 is 0. The molecule has 0 radical (unpaired) electrons. The molecule has 0 unspecified atom stereocenters. The van der Waals surface area contributed by atoms with Crippen LogP contribution in [-0.4, -0.2) is 21.8 Å². The summed E-state index contributed by atoms with van der Waals surface area (Å²) in [7, 11) is 0. The molecule has 2 amide bonds.